The molecule has 0 unspecified atom stereocenters. The van der Waals surface area contributed by atoms with Crippen molar-refractivity contribution in [3.05, 3.63) is 12.7 Å². The predicted molar refractivity (Wildman–Crippen MR) is 50.2 cm³/mol. The van der Waals surface area contributed by atoms with Crippen molar-refractivity contribution in [2.45, 2.75) is 26.2 Å². The molecule has 13 heavy (non-hydrogen) atoms. The Labute approximate surface area is 79.3 Å². The maximum atomic E-state index is 9.82. The lowest BCUT2D eigenvalue weighted by atomic mass is 9.93. The van der Waals surface area contributed by atoms with Crippen LogP contribution in [0, 0.1) is 11.8 Å². The number of aliphatic hydroxyl groups is 1. The van der Waals surface area contributed by atoms with Crippen molar-refractivity contribution < 1.29 is 14.6 Å². The Bertz CT molecular complexity index is 164. The van der Waals surface area contributed by atoms with Crippen LogP contribution in [0.15, 0.2) is 12.7 Å². The summed E-state index contributed by atoms with van der Waals surface area (Å²) in [4.78, 5) is 0. The average Bonchev–Trinajstić information content (AvgIpc) is 2.67. The van der Waals surface area contributed by atoms with Gasteiger partial charge in [-0.25, -0.2) is 0 Å². The van der Waals surface area contributed by atoms with E-state index in [9.17, 15) is 5.11 Å². The zero-order chi connectivity index (χ0) is 9.84. The quantitative estimate of drug-likeness (QED) is 0.670. The van der Waals surface area contributed by atoms with Crippen LogP contribution < -0.4 is 0 Å². The van der Waals surface area contributed by atoms with Gasteiger partial charge in [-0.05, 0) is 0 Å². The van der Waals surface area contributed by atoms with Crippen LogP contribution in [0.2, 0.25) is 0 Å². The predicted octanol–water partition coefficient (Wildman–Crippen LogP) is 1.18. The molecule has 0 spiro atoms. The first-order valence-corrected chi connectivity index (χ1v) is 4.70. The molecular weight excluding hydrogens is 168 g/mol. The maximum absolute atomic E-state index is 9.82. The minimum absolute atomic E-state index is 0.00417. The first kappa shape index (κ1) is 10.7. The van der Waals surface area contributed by atoms with Gasteiger partial charge in [0, 0.05) is 11.8 Å². The van der Waals surface area contributed by atoms with E-state index < -0.39 is 6.10 Å². The molecular formula is C10H18O3. The van der Waals surface area contributed by atoms with E-state index in [1.807, 2.05) is 13.8 Å². The first-order valence-electron chi connectivity index (χ1n) is 4.70. The zero-order valence-electron chi connectivity index (χ0n) is 8.27. The summed E-state index contributed by atoms with van der Waals surface area (Å²) >= 11 is 0. The molecule has 0 aromatic carbocycles. The van der Waals surface area contributed by atoms with Crippen LogP contribution in [0.25, 0.3) is 0 Å². The van der Waals surface area contributed by atoms with Crippen LogP contribution in [-0.4, -0.2) is 30.7 Å². The van der Waals surface area contributed by atoms with Gasteiger partial charge < -0.3 is 14.6 Å². The van der Waals surface area contributed by atoms with Crippen molar-refractivity contribution >= 4 is 0 Å². The minimum Gasteiger partial charge on any atom is -0.392 e. The van der Waals surface area contributed by atoms with E-state index in [1.54, 1.807) is 6.08 Å². The van der Waals surface area contributed by atoms with Gasteiger partial charge in [-0.3, -0.25) is 0 Å². The molecule has 0 radical (unpaired) electrons. The van der Waals surface area contributed by atoms with Crippen molar-refractivity contribution in [1.82, 2.24) is 0 Å². The van der Waals surface area contributed by atoms with E-state index in [2.05, 4.69) is 6.58 Å². The molecule has 1 fully saturated rings. The monoisotopic (exact) mass is 186 g/mol. The van der Waals surface area contributed by atoms with Gasteiger partial charge in [0.2, 0.25) is 0 Å². The van der Waals surface area contributed by atoms with Gasteiger partial charge in [0.05, 0.1) is 19.3 Å². The molecule has 3 atom stereocenters. The molecule has 1 N–H and O–H groups in total. The van der Waals surface area contributed by atoms with E-state index >= 15 is 0 Å². The van der Waals surface area contributed by atoms with Gasteiger partial charge >= 0.3 is 0 Å². The second-order valence-corrected chi connectivity index (χ2v) is 3.55. The minimum atomic E-state index is -0.444. The zero-order valence-corrected chi connectivity index (χ0v) is 8.27. The summed E-state index contributed by atoms with van der Waals surface area (Å²) in [6, 6.07) is 0. The molecule has 1 saturated heterocycles. The first-order chi connectivity index (χ1) is 6.16. The van der Waals surface area contributed by atoms with Crippen LogP contribution in [-0.2, 0) is 9.47 Å². The highest BCUT2D eigenvalue weighted by Crippen LogP contribution is 2.22. The number of rotatable bonds is 4. The molecule has 0 amide bonds. The van der Waals surface area contributed by atoms with Crippen LogP contribution >= 0.6 is 0 Å². The number of hydrogen-bond donors (Lipinski definition) is 1. The van der Waals surface area contributed by atoms with Crippen molar-refractivity contribution in [2.75, 3.05) is 13.2 Å². The highest BCUT2D eigenvalue weighted by molar-refractivity contribution is 4.85. The van der Waals surface area contributed by atoms with Crippen LogP contribution in [0.4, 0.5) is 0 Å². The molecule has 3 nitrogen and oxygen atoms in total. The Kier molecular flexibility index (Phi) is 3.90. The maximum Gasteiger partial charge on any atom is 0.162 e. The molecule has 1 rings (SSSR count). The summed E-state index contributed by atoms with van der Waals surface area (Å²) in [5.74, 6) is 0.0679. The van der Waals surface area contributed by atoms with E-state index in [4.69, 9.17) is 9.47 Å². The molecule has 0 bridgehead atoms. The molecule has 1 aliphatic rings. The molecule has 0 aliphatic carbocycles. The molecule has 0 aromatic heterocycles. The van der Waals surface area contributed by atoms with Crippen LogP contribution in [0.3, 0.4) is 0 Å². The van der Waals surface area contributed by atoms with Crippen molar-refractivity contribution in [2.24, 2.45) is 11.8 Å². The molecule has 0 aromatic rings. The topological polar surface area (TPSA) is 38.7 Å². The Hall–Kier alpha value is -0.380. The van der Waals surface area contributed by atoms with Crippen molar-refractivity contribution in [3.8, 4) is 0 Å². The summed E-state index contributed by atoms with van der Waals surface area (Å²) in [6.45, 7) is 8.77. The normalized spacial score (nSPS) is 25.5. The summed E-state index contributed by atoms with van der Waals surface area (Å²) < 4.78 is 10.6. The molecule has 1 aliphatic heterocycles. The average molecular weight is 186 g/mol. The van der Waals surface area contributed by atoms with Crippen molar-refractivity contribution in [3.63, 3.8) is 0 Å². The smallest absolute Gasteiger partial charge is 0.162 e. The Balaban J connectivity index is 2.44. The Morgan fingerprint density at radius 3 is 2.38 bits per heavy atom. The van der Waals surface area contributed by atoms with Gasteiger partial charge in [0.15, 0.2) is 6.29 Å². The Morgan fingerprint density at radius 2 is 1.92 bits per heavy atom. The van der Waals surface area contributed by atoms with Gasteiger partial charge in [-0.1, -0.05) is 19.9 Å². The van der Waals surface area contributed by atoms with Crippen LogP contribution in [0.1, 0.15) is 13.8 Å². The standard InChI is InChI=1S/C10H18O3/c1-4-7(2)9(11)8(3)10-12-5-6-13-10/h4,7-11H,1,5-6H2,2-3H3/t7-,8+,9+/m0/s1. The molecule has 3 heteroatoms. The molecule has 0 saturated carbocycles. The van der Waals surface area contributed by atoms with Gasteiger partial charge in [0.1, 0.15) is 0 Å². The van der Waals surface area contributed by atoms with E-state index in [1.165, 1.54) is 0 Å². The fraction of sp³-hybridized carbons (Fsp3) is 0.800. The largest absolute Gasteiger partial charge is 0.392 e. The fourth-order valence-electron chi connectivity index (χ4n) is 1.46. The highest BCUT2D eigenvalue weighted by Gasteiger charge is 2.30. The third-order valence-corrected chi connectivity index (χ3v) is 2.53. The lowest BCUT2D eigenvalue weighted by molar-refractivity contribution is -0.116. The summed E-state index contributed by atoms with van der Waals surface area (Å²) in [5, 5.41) is 9.82. The molecule has 1 heterocycles. The third kappa shape index (κ3) is 2.53. The summed E-state index contributed by atoms with van der Waals surface area (Å²) in [6.07, 6.45) is 1.05. The SMILES string of the molecule is C=C[C@H](C)[C@@H](O)[C@@H](C)C1OCCO1. The summed E-state index contributed by atoms with van der Waals surface area (Å²) in [7, 11) is 0. The Morgan fingerprint density at radius 1 is 1.38 bits per heavy atom. The molecule has 76 valence electrons. The van der Waals surface area contributed by atoms with Gasteiger partial charge in [-0.15, -0.1) is 6.58 Å². The van der Waals surface area contributed by atoms with Gasteiger partial charge in [0.25, 0.3) is 0 Å². The number of aliphatic hydroxyl groups excluding tert-OH is 1. The van der Waals surface area contributed by atoms with Crippen molar-refractivity contribution in [1.29, 1.82) is 0 Å². The van der Waals surface area contributed by atoms with Gasteiger partial charge in [-0.2, -0.15) is 0 Å². The third-order valence-electron chi connectivity index (χ3n) is 2.53. The lowest BCUT2D eigenvalue weighted by Crippen LogP contribution is -2.33. The fourth-order valence-corrected chi connectivity index (χ4v) is 1.46. The summed E-state index contributed by atoms with van der Waals surface area (Å²) in [5.41, 5.74) is 0. The number of hydrogen-bond acceptors (Lipinski definition) is 3. The second kappa shape index (κ2) is 4.74. The van der Waals surface area contributed by atoms with E-state index in [0.717, 1.165) is 0 Å². The van der Waals surface area contributed by atoms with E-state index in [0.29, 0.717) is 13.2 Å². The lowest BCUT2D eigenvalue weighted by Gasteiger charge is -2.26. The number of ether oxygens (including phenoxy) is 2. The second-order valence-electron chi connectivity index (χ2n) is 3.55. The highest BCUT2D eigenvalue weighted by atomic mass is 16.7. The van der Waals surface area contributed by atoms with E-state index in [-0.39, 0.29) is 18.1 Å². The van der Waals surface area contributed by atoms with Crippen LogP contribution in [0.5, 0.6) is 0 Å².